The van der Waals surface area contributed by atoms with E-state index in [0.29, 0.717) is 0 Å². The molecule has 3 unspecified atom stereocenters. The summed E-state index contributed by atoms with van der Waals surface area (Å²) in [5, 5.41) is 0. The van der Waals surface area contributed by atoms with E-state index in [1.807, 2.05) is 6.92 Å². The maximum absolute atomic E-state index is 5.34. The fraction of sp³-hybridized carbons (Fsp3) is 1.00. The van der Waals surface area contributed by atoms with Crippen LogP contribution in [-0.2, 0) is 14.5 Å². The zero-order valence-electron chi connectivity index (χ0n) is 5.37. The summed E-state index contributed by atoms with van der Waals surface area (Å²) in [5.41, 5.74) is 0. The van der Waals surface area contributed by atoms with Gasteiger partial charge < -0.3 is 4.74 Å². The topological polar surface area (TPSA) is 27.7 Å². The number of ether oxygens (including phenoxy) is 1. The van der Waals surface area contributed by atoms with E-state index in [2.05, 4.69) is 0 Å². The highest BCUT2D eigenvalue weighted by atomic mass is 17.2. The first kappa shape index (κ1) is 5.65. The van der Waals surface area contributed by atoms with Crippen molar-refractivity contribution in [1.82, 2.24) is 0 Å². The Morgan fingerprint density at radius 3 is 2.33 bits per heavy atom. The Kier molecular flexibility index (Phi) is 1.22. The molecule has 3 aliphatic rings. The molecule has 3 rings (SSSR count). The second-order valence-corrected chi connectivity index (χ2v) is 2.58. The molecule has 3 atom stereocenters. The normalized spacial score (nSPS) is 49.7. The molecule has 0 aromatic rings. The quantitative estimate of drug-likeness (QED) is 0.455. The van der Waals surface area contributed by atoms with Crippen LogP contribution in [0.3, 0.4) is 0 Å². The van der Waals surface area contributed by atoms with Gasteiger partial charge in [0, 0.05) is 6.42 Å². The van der Waals surface area contributed by atoms with Gasteiger partial charge in [-0.2, -0.15) is 0 Å². The highest BCUT2D eigenvalue weighted by Crippen LogP contribution is 2.28. The highest BCUT2D eigenvalue weighted by molar-refractivity contribution is 4.74. The molecule has 3 saturated heterocycles. The molecule has 9 heavy (non-hydrogen) atoms. The van der Waals surface area contributed by atoms with Crippen LogP contribution in [0.2, 0.25) is 0 Å². The van der Waals surface area contributed by atoms with Crippen LogP contribution < -0.4 is 0 Å². The molecule has 0 N–H and O–H groups in total. The molecule has 2 bridgehead atoms. The van der Waals surface area contributed by atoms with Gasteiger partial charge in [0.2, 0.25) is 0 Å². The lowest BCUT2D eigenvalue weighted by atomic mass is 10.1. The van der Waals surface area contributed by atoms with Gasteiger partial charge in [0.05, 0.1) is 6.10 Å². The molecule has 0 spiro atoms. The van der Waals surface area contributed by atoms with Crippen molar-refractivity contribution in [3.05, 3.63) is 0 Å². The van der Waals surface area contributed by atoms with Crippen molar-refractivity contribution < 1.29 is 14.5 Å². The molecule has 3 heteroatoms. The SMILES string of the molecule is CC1OC2CCC1OO2. The average Bonchev–Trinajstić information content (AvgIpc) is 1.90. The summed E-state index contributed by atoms with van der Waals surface area (Å²) < 4.78 is 5.34. The maximum atomic E-state index is 5.34. The van der Waals surface area contributed by atoms with E-state index >= 15 is 0 Å². The van der Waals surface area contributed by atoms with Crippen LogP contribution in [0.25, 0.3) is 0 Å². The molecule has 3 nitrogen and oxygen atoms in total. The molecule has 3 aliphatic heterocycles. The zero-order valence-corrected chi connectivity index (χ0v) is 5.37. The Morgan fingerprint density at radius 2 is 2.11 bits per heavy atom. The van der Waals surface area contributed by atoms with Crippen LogP contribution in [0, 0.1) is 0 Å². The number of fused-ring (bicyclic) bond motifs is 3. The summed E-state index contributed by atoms with van der Waals surface area (Å²) in [4.78, 5) is 9.79. The van der Waals surface area contributed by atoms with Crippen molar-refractivity contribution in [2.45, 2.75) is 38.3 Å². The van der Waals surface area contributed by atoms with Crippen LogP contribution in [0.4, 0.5) is 0 Å². The summed E-state index contributed by atoms with van der Waals surface area (Å²) in [6, 6.07) is 0. The van der Waals surface area contributed by atoms with E-state index in [-0.39, 0.29) is 18.5 Å². The summed E-state index contributed by atoms with van der Waals surface area (Å²) in [6.07, 6.45) is 2.36. The van der Waals surface area contributed by atoms with E-state index in [9.17, 15) is 0 Å². The van der Waals surface area contributed by atoms with Crippen LogP contribution in [-0.4, -0.2) is 18.5 Å². The zero-order chi connectivity index (χ0) is 6.27. The van der Waals surface area contributed by atoms with Gasteiger partial charge in [0.25, 0.3) is 0 Å². The summed E-state index contributed by atoms with van der Waals surface area (Å²) in [6.45, 7) is 2.01. The first-order chi connectivity index (χ1) is 4.36. The van der Waals surface area contributed by atoms with Gasteiger partial charge in [0.1, 0.15) is 6.10 Å². The van der Waals surface area contributed by atoms with Crippen LogP contribution in [0.15, 0.2) is 0 Å². The smallest absolute Gasteiger partial charge is 0.191 e. The van der Waals surface area contributed by atoms with E-state index in [1.165, 1.54) is 0 Å². The van der Waals surface area contributed by atoms with E-state index in [0.717, 1.165) is 12.8 Å². The Bertz CT molecular complexity index is 107. The lowest BCUT2D eigenvalue weighted by Gasteiger charge is -2.38. The maximum Gasteiger partial charge on any atom is 0.191 e. The van der Waals surface area contributed by atoms with E-state index < -0.39 is 0 Å². The highest BCUT2D eigenvalue weighted by Gasteiger charge is 2.36. The van der Waals surface area contributed by atoms with Crippen LogP contribution in [0.5, 0.6) is 0 Å². The predicted molar refractivity (Wildman–Crippen MR) is 29.5 cm³/mol. The minimum atomic E-state index is -0.0926. The number of hydrogen-bond donors (Lipinski definition) is 0. The largest absolute Gasteiger partial charge is 0.344 e. The third-order valence-corrected chi connectivity index (χ3v) is 1.86. The predicted octanol–water partition coefficient (Wildman–Crippen LogP) is 0.842. The molecule has 0 aliphatic carbocycles. The lowest BCUT2D eigenvalue weighted by molar-refractivity contribution is -0.479. The average molecular weight is 130 g/mol. The van der Waals surface area contributed by atoms with Gasteiger partial charge in [-0.3, -0.25) is 0 Å². The van der Waals surface area contributed by atoms with Crippen molar-refractivity contribution in [1.29, 1.82) is 0 Å². The second kappa shape index (κ2) is 1.94. The fourth-order valence-corrected chi connectivity index (χ4v) is 1.26. The van der Waals surface area contributed by atoms with Crippen molar-refractivity contribution in [3.63, 3.8) is 0 Å². The van der Waals surface area contributed by atoms with Gasteiger partial charge in [-0.05, 0) is 13.3 Å². The number of rotatable bonds is 0. The molecule has 0 radical (unpaired) electrons. The Balaban J connectivity index is 2.06. The standard InChI is InChI=1S/C6H10O3/c1-4-5-2-3-6(7-4)9-8-5/h4-6H,2-3H2,1H3. The molecule has 3 fully saturated rings. The second-order valence-electron chi connectivity index (χ2n) is 2.58. The van der Waals surface area contributed by atoms with Crippen LogP contribution >= 0.6 is 0 Å². The van der Waals surface area contributed by atoms with Gasteiger partial charge in [0.15, 0.2) is 6.29 Å². The Morgan fingerprint density at radius 1 is 1.22 bits per heavy atom. The third kappa shape index (κ3) is 0.852. The Labute approximate surface area is 53.8 Å². The minimum Gasteiger partial charge on any atom is -0.344 e. The van der Waals surface area contributed by atoms with Gasteiger partial charge in [-0.15, -0.1) is 0 Å². The monoisotopic (exact) mass is 130 g/mol. The number of hydrogen-bond acceptors (Lipinski definition) is 3. The van der Waals surface area contributed by atoms with E-state index in [4.69, 9.17) is 14.5 Å². The molecule has 0 aromatic carbocycles. The summed E-state index contributed by atoms with van der Waals surface area (Å²) in [7, 11) is 0. The molecule has 52 valence electrons. The van der Waals surface area contributed by atoms with Crippen molar-refractivity contribution in [2.75, 3.05) is 0 Å². The van der Waals surface area contributed by atoms with Crippen LogP contribution in [0.1, 0.15) is 19.8 Å². The summed E-state index contributed by atoms with van der Waals surface area (Å²) in [5.74, 6) is 0. The molecular weight excluding hydrogens is 120 g/mol. The lowest BCUT2D eigenvalue weighted by Crippen LogP contribution is -2.46. The molecule has 3 heterocycles. The van der Waals surface area contributed by atoms with E-state index in [1.54, 1.807) is 0 Å². The minimum absolute atomic E-state index is 0.0926. The first-order valence-electron chi connectivity index (χ1n) is 3.34. The first-order valence-corrected chi connectivity index (χ1v) is 3.34. The molecule has 0 amide bonds. The van der Waals surface area contributed by atoms with Gasteiger partial charge in [-0.1, -0.05) is 0 Å². The third-order valence-electron chi connectivity index (χ3n) is 1.86. The summed E-state index contributed by atoms with van der Waals surface area (Å²) >= 11 is 0. The van der Waals surface area contributed by atoms with Gasteiger partial charge in [-0.25, -0.2) is 9.78 Å². The molecule has 0 aromatic heterocycles. The molecular formula is C6H10O3. The fourth-order valence-electron chi connectivity index (χ4n) is 1.26. The van der Waals surface area contributed by atoms with Crippen molar-refractivity contribution >= 4 is 0 Å². The molecule has 0 saturated carbocycles. The van der Waals surface area contributed by atoms with Crippen molar-refractivity contribution in [2.24, 2.45) is 0 Å². The van der Waals surface area contributed by atoms with Crippen molar-refractivity contribution in [3.8, 4) is 0 Å². The van der Waals surface area contributed by atoms with Gasteiger partial charge >= 0.3 is 0 Å². The Hall–Kier alpha value is -0.120.